The van der Waals surface area contributed by atoms with E-state index in [0.717, 1.165) is 16.3 Å². The van der Waals surface area contributed by atoms with Gasteiger partial charge >= 0.3 is 5.97 Å². The van der Waals surface area contributed by atoms with Gasteiger partial charge in [0.1, 0.15) is 6.04 Å². The first-order valence-electron chi connectivity index (χ1n) is 9.99. The summed E-state index contributed by atoms with van der Waals surface area (Å²) in [6.07, 6.45) is 0.609. The van der Waals surface area contributed by atoms with E-state index >= 15 is 0 Å². The molecule has 6 nitrogen and oxygen atoms in total. The summed E-state index contributed by atoms with van der Waals surface area (Å²) in [6.45, 7) is 5.98. The monoisotopic (exact) mass is 396 g/mol. The van der Waals surface area contributed by atoms with Gasteiger partial charge in [0.2, 0.25) is 11.8 Å². The van der Waals surface area contributed by atoms with Crippen molar-refractivity contribution in [1.29, 1.82) is 0 Å². The number of carboxylic acids is 1. The van der Waals surface area contributed by atoms with Gasteiger partial charge in [-0.15, -0.1) is 0 Å². The molecule has 0 saturated carbocycles. The molecule has 2 amide bonds. The molecule has 2 aromatic carbocycles. The van der Waals surface area contributed by atoms with Crippen LogP contribution in [0.3, 0.4) is 0 Å². The van der Waals surface area contributed by atoms with Crippen molar-refractivity contribution in [3.63, 3.8) is 0 Å². The van der Waals surface area contributed by atoms with Crippen LogP contribution in [-0.4, -0.2) is 46.9 Å². The zero-order chi connectivity index (χ0) is 21.2. The Morgan fingerprint density at radius 3 is 2.45 bits per heavy atom. The number of benzene rings is 2. The Morgan fingerprint density at radius 2 is 1.83 bits per heavy atom. The van der Waals surface area contributed by atoms with Gasteiger partial charge in [0.15, 0.2) is 0 Å². The summed E-state index contributed by atoms with van der Waals surface area (Å²) < 4.78 is 0. The number of aliphatic carboxylic acids is 1. The maximum Gasteiger partial charge on any atom is 0.311 e. The second-order valence-electron chi connectivity index (χ2n) is 8.52. The van der Waals surface area contributed by atoms with Crippen LogP contribution in [0.5, 0.6) is 0 Å². The lowest BCUT2D eigenvalue weighted by molar-refractivity contribution is -0.147. The third-order valence-corrected chi connectivity index (χ3v) is 5.73. The van der Waals surface area contributed by atoms with Gasteiger partial charge in [-0.05, 0) is 35.6 Å². The molecule has 29 heavy (non-hydrogen) atoms. The van der Waals surface area contributed by atoms with E-state index in [1.54, 1.807) is 11.8 Å². The van der Waals surface area contributed by atoms with Crippen LogP contribution in [0.1, 0.15) is 32.8 Å². The van der Waals surface area contributed by atoms with Crippen molar-refractivity contribution >= 4 is 28.6 Å². The van der Waals surface area contributed by atoms with Crippen LogP contribution in [0.25, 0.3) is 10.8 Å². The highest BCUT2D eigenvalue weighted by Crippen LogP contribution is 2.30. The molecule has 2 atom stereocenters. The van der Waals surface area contributed by atoms with E-state index in [0.29, 0.717) is 13.0 Å². The largest absolute Gasteiger partial charge is 0.481 e. The van der Waals surface area contributed by atoms with Gasteiger partial charge in [-0.1, -0.05) is 56.3 Å². The summed E-state index contributed by atoms with van der Waals surface area (Å²) in [5.41, 5.74) is -0.0393. The molecular weight excluding hydrogens is 368 g/mol. The predicted octanol–water partition coefficient (Wildman–Crippen LogP) is 2.85. The first-order valence-corrected chi connectivity index (χ1v) is 9.99. The molecule has 2 N–H and O–H groups in total. The molecule has 1 aliphatic rings. The summed E-state index contributed by atoms with van der Waals surface area (Å²) in [7, 11) is 0. The van der Waals surface area contributed by atoms with E-state index in [2.05, 4.69) is 5.32 Å². The minimum Gasteiger partial charge on any atom is -0.481 e. The molecule has 0 aliphatic carbocycles. The van der Waals surface area contributed by atoms with Gasteiger partial charge in [-0.25, -0.2) is 0 Å². The number of amides is 2. The zero-order valence-corrected chi connectivity index (χ0v) is 17.1. The highest BCUT2D eigenvalue weighted by Gasteiger charge is 2.43. The lowest BCUT2D eigenvalue weighted by atomic mass is 9.90. The van der Waals surface area contributed by atoms with Crippen molar-refractivity contribution in [1.82, 2.24) is 10.2 Å². The van der Waals surface area contributed by atoms with Gasteiger partial charge in [0.05, 0.1) is 11.8 Å². The minimum atomic E-state index is -0.924. The maximum absolute atomic E-state index is 13.0. The molecule has 0 spiro atoms. The SMILES string of the molecule is CC(C)C(NC(=O)Cc1ccc2ccccc2c1)C(=O)N1CCC(C)(C(=O)O)C1. The van der Waals surface area contributed by atoms with Crippen molar-refractivity contribution in [3.8, 4) is 0 Å². The van der Waals surface area contributed by atoms with Crippen LogP contribution in [0.15, 0.2) is 42.5 Å². The van der Waals surface area contributed by atoms with Crippen LogP contribution in [0.2, 0.25) is 0 Å². The number of nitrogens with zero attached hydrogens (tertiary/aromatic N) is 1. The molecule has 154 valence electrons. The van der Waals surface area contributed by atoms with Crippen molar-refractivity contribution in [2.45, 2.75) is 39.7 Å². The molecule has 2 aromatic rings. The minimum absolute atomic E-state index is 0.0975. The number of hydrogen-bond acceptors (Lipinski definition) is 3. The Bertz CT molecular complexity index is 939. The highest BCUT2D eigenvalue weighted by atomic mass is 16.4. The van der Waals surface area contributed by atoms with Gasteiger partial charge in [-0.2, -0.15) is 0 Å². The van der Waals surface area contributed by atoms with E-state index < -0.39 is 17.4 Å². The number of fused-ring (bicyclic) bond motifs is 1. The fraction of sp³-hybridized carbons (Fsp3) is 0.435. The zero-order valence-electron chi connectivity index (χ0n) is 17.1. The number of carbonyl (C=O) groups is 3. The molecule has 6 heteroatoms. The summed E-state index contributed by atoms with van der Waals surface area (Å²) in [5, 5.41) is 14.4. The fourth-order valence-electron chi connectivity index (χ4n) is 3.79. The first kappa shape index (κ1) is 20.8. The molecule has 1 fully saturated rings. The smallest absolute Gasteiger partial charge is 0.311 e. The van der Waals surface area contributed by atoms with Crippen LogP contribution in [-0.2, 0) is 20.8 Å². The molecule has 1 saturated heterocycles. The summed E-state index contributed by atoms with van der Waals surface area (Å²) in [5.74, 6) is -1.42. The summed E-state index contributed by atoms with van der Waals surface area (Å²) >= 11 is 0. The summed E-state index contributed by atoms with van der Waals surface area (Å²) in [6, 6.07) is 13.2. The maximum atomic E-state index is 13.0. The topological polar surface area (TPSA) is 86.7 Å². The van der Waals surface area contributed by atoms with Crippen molar-refractivity contribution in [2.75, 3.05) is 13.1 Å². The molecule has 0 radical (unpaired) electrons. The molecule has 2 unspecified atom stereocenters. The molecule has 1 heterocycles. The average Bonchev–Trinajstić information content (AvgIpc) is 3.09. The van der Waals surface area contributed by atoms with Crippen LogP contribution in [0.4, 0.5) is 0 Å². The molecule has 0 aromatic heterocycles. The van der Waals surface area contributed by atoms with Gasteiger partial charge in [-0.3, -0.25) is 14.4 Å². The fourth-order valence-corrected chi connectivity index (χ4v) is 3.79. The standard InChI is InChI=1S/C23H28N2O4/c1-15(2)20(21(27)25-11-10-23(3,14-25)22(28)29)24-19(26)13-16-8-9-17-6-4-5-7-18(17)12-16/h4-9,12,15,20H,10-11,13-14H2,1-3H3,(H,24,26)(H,28,29). The van der Waals surface area contributed by atoms with Crippen LogP contribution in [0, 0.1) is 11.3 Å². The molecular formula is C23H28N2O4. The third kappa shape index (κ3) is 4.58. The van der Waals surface area contributed by atoms with Crippen LogP contribution >= 0.6 is 0 Å². The Hall–Kier alpha value is -2.89. The van der Waals surface area contributed by atoms with E-state index in [9.17, 15) is 19.5 Å². The van der Waals surface area contributed by atoms with Crippen molar-refractivity contribution in [2.24, 2.45) is 11.3 Å². The Balaban J connectivity index is 1.67. The Labute approximate surface area is 170 Å². The van der Waals surface area contributed by atoms with Crippen molar-refractivity contribution in [3.05, 3.63) is 48.0 Å². The quantitative estimate of drug-likeness (QED) is 0.786. The van der Waals surface area contributed by atoms with Crippen LogP contribution < -0.4 is 5.32 Å². The Kier molecular flexibility index (Phi) is 5.91. The normalized spacial score (nSPS) is 20.1. The third-order valence-electron chi connectivity index (χ3n) is 5.73. The second-order valence-corrected chi connectivity index (χ2v) is 8.52. The van der Waals surface area contributed by atoms with Gasteiger partial charge < -0.3 is 15.3 Å². The predicted molar refractivity (Wildman–Crippen MR) is 111 cm³/mol. The van der Waals surface area contributed by atoms with E-state index in [1.165, 1.54) is 0 Å². The number of rotatable bonds is 6. The average molecular weight is 396 g/mol. The number of nitrogens with one attached hydrogen (secondary N) is 1. The van der Waals surface area contributed by atoms with Gasteiger partial charge in [0.25, 0.3) is 0 Å². The number of hydrogen-bond donors (Lipinski definition) is 2. The van der Waals surface area contributed by atoms with Crippen molar-refractivity contribution < 1.29 is 19.5 Å². The number of carboxylic acid groups (broad SMARTS) is 1. The molecule has 0 bridgehead atoms. The number of carbonyl (C=O) groups excluding carboxylic acids is 2. The van der Waals surface area contributed by atoms with E-state index in [4.69, 9.17) is 0 Å². The van der Waals surface area contributed by atoms with E-state index in [-0.39, 0.29) is 30.7 Å². The number of likely N-dealkylation sites (tertiary alicyclic amines) is 1. The lowest BCUT2D eigenvalue weighted by Crippen LogP contribution is -2.51. The Morgan fingerprint density at radius 1 is 1.14 bits per heavy atom. The first-order chi connectivity index (χ1) is 13.7. The van der Waals surface area contributed by atoms with E-state index in [1.807, 2.05) is 56.3 Å². The molecule has 3 rings (SSSR count). The second kappa shape index (κ2) is 8.23. The molecule has 1 aliphatic heterocycles. The lowest BCUT2D eigenvalue weighted by Gasteiger charge is -2.28. The highest BCUT2D eigenvalue weighted by molar-refractivity contribution is 5.90. The summed E-state index contributed by atoms with van der Waals surface area (Å²) in [4.78, 5) is 38.6. The van der Waals surface area contributed by atoms with Gasteiger partial charge in [0, 0.05) is 13.1 Å².